The summed E-state index contributed by atoms with van der Waals surface area (Å²) in [6, 6.07) is 19.9. The van der Waals surface area contributed by atoms with Crippen LogP contribution in [0, 0.1) is 0 Å². The van der Waals surface area contributed by atoms with Crippen molar-refractivity contribution < 1.29 is 24.2 Å². The van der Waals surface area contributed by atoms with Crippen LogP contribution in [-0.2, 0) is 4.79 Å². The van der Waals surface area contributed by atoms with Gasteiger partial charge in [-0.2, -0.15) is 0 Å². The normalized spacial score (nSPS) is 15.0. The summed E-state index contributed by atoms with van der Waals surface area (Å²) >= 11 is 0. The molecule has 3 aromatic carbocycles. The minimum Gasteiger partial charge on any atom is -0.504 e. The molecule has 8 heteroatoms. The molecular formula is C29H22N2O6. The van der Waals surface area contributed by atoms with Gasteiger partial charge >= 0.3 is 5.97 Å². The second-order valence-electron chi connectivity index (χ2n) is 9.20. The zero-order valence-electron chi connectivity index (χ0n) is 20.1. The number of benzene rings is 3. The van der Waals surface area contributed by atoms with Gasteiger partial charge in [-0.25, -0.2) is 4.98 Å². The van der Waals surface area contributed by atoms with Crippen molar-refractivity contribution in [3.8, 4) is 28.6 Å². The van der Waals surface area contributed by atoms with Gasteiger partial charge in [-0.15, -0.1) is 0 Å². The minimum absolute atomic E-state index is 0.0482. The first-order valence-corrected chi connectivity index (χ1v) is 11.7. The van der Waals surface area contributed by atoms with Crippen LogP contribution in [0.1, 0.15) is 23.5 Å². The molecule has 1 aliphatic rings. The van der Waals surface area contributed by atoms with Gasteiger partial charge < -0.3 is 24.3 Å². The van der Waals surface area contributed by atoms with E-state index in [1.165, 1.54) is 6.07 Å². The molecule has 0 radical (unpaired) electrons. The van der Waals surface area contributed by atoms with E-state index in [1.807, 2.05) is 67.5 Å². The SMILES string of the molecule is CN(C)c1nc2ccccc2cc1[C@H]1CC(=O)Oc2c(O)c(O)c3c(=O)cc(-c4ccccc4)oc3c21. The second-order valence-corrected chi connectivity index (χ2v) is 9.20. The highest BCUT2D eigenvalue weighted by Crippen LogP contribution is 2.53. The molecule has 0 fully saturated rings. The van der Waals surface area contributed by atoms with E-state index in [-0.39, 0.29) is 28.9 Å². The summed E-state index contributed by atoms with van der Waals surface area (Å²) in [6.45, 7) is 0. The van der Waals surface area contributed by atoms with Gasteiger partial charge in [0.2, 0.25) is 5.75 Å². The summed E-state index contributed by atoms with van der Waals surface area (Å²) in [5.74, 6) is -1.96. The summed E-state index contributed by atoms with van der Waals surface area (Å²) in [5.41, 5.74) is 1.96. The molecule has 0 aliphatic carbocycles. The van der Waals surface area contributed by atoms with Crippen molar-refractivity contribution in [2.75, 3.05) is 19.0 Å². The Morgan fingerprint density at radius 2 is 1.68 bits per heavy atom. The van der Waals surface area contributed by atoms with Gasteiger partial charge in [0.15, 0.2) is 16.9 Å². The van der Waals surface area contributed by atoms with Gasteiger partial charge in [0.25, 0.3) is 0 Å². The number of hydrogen-bond acceptors (Lipinski definition) is 8. The third-order valence-electron chi connectivity index (χ3n) is 6.64. The fraction of sp³-hybridized carbons (Fsp3) is 0.138. The van der Waals surface area contributed by atoms with Crippen molar-refractivity contribution in [2.24, 2.45) is 0 Å². The largest absolute Gasteiger partial charge is 0.504 e. The number of ether oxygens (including phenoxy) is 1. The highest BCUT2D eigenvalue weighted by molar-refractivity contribution is 5.97. The molecule has 184 valence electrons. The van der Waals surface area contributed by atoms with Crippen molar-refractivity contribution >= 4 is 33.7 Å². The van der Waals surface area contributed by atoms with Crippen LogP contribution in [0.25, 0.3) is 33.2 Å². The molecule has 0 spiro atoms. The maximum absolute atomic E-state index is 13.2. The number of para-hydroxylation sites is 1. The van der Waals surface area contributed by atoms with Gasteiger partial charge in [0.05, 0.1) is 17.5 Å². The third-order valence-corrected chi connectivity index (χ3v) is 6.64. The van der Waals surface area contributed by atoms with E-state index in [4.69, 9.17) is 14.1 Å². The number of phenolic OH excluding ortho intramolecular Hbond substituents is 2. The van der Waals surface area contributed by atoms with Crippen molar-refractivity contribution in [3.63, 3.8) is 0 Å². The number of pyridine rings is 1. The van der Waals surface area contributed by atoms with E-state index in [9.17, 15) is 19.8 Å². The quantitative estimate of drug-likeness (QED) is 0.206. The number of aromatic hydroxyl groups is 2. The molecule has 6 rings (SSSR count). The number of aromatic nitrogens is 1. The maximum atomic E-state index is 13.2. The van der Waals surface area contributed by atoms with Crippen LogP contribution in [0.3, 0.4) is 0 Å². The zero-order chi connectivity index (χ0) is 25.8. The Morgan fingerprint density at radius 3 is 2.43 bits per heavy atom. The molecule has 0 bridgehead atoms. The molecule has 2 N–H and O–H groups in total. The molecule has 37 heavy (non-hydrogen) atoms. The van der Waals surface area contributed by atoms with Gasteiger partial charge in [-0.1, -0.05) is 48.5 Å². The number of nitrogens with zero attached hydrogens (tertiary/aromatic N) is 2. The van der Waals surface area contributed by atoms with Crippen LogP contribution >= 0.6 is 0 Å². The molecule has 0 saturated carbocycles. The zero-order valence-corrected chi connectivity index (χ0v) is 20.1. The molecule has 3 heterocycles. The lowest BCUT2D eigenvalue weighted by Gasteiger charge is -2.29. The molecule has 0 saturated heterocycles. The summed E-state index contributed by atoms with van der Waals surface area (Å²) in [6.07, 6.45) is -0.0769. The number of phenols is 2. The van der Waals surface area contributed by atoms with Crippen LogP contribution in [-0.4, -0.2) is 35.3 Å². The highest BCUT2D eigenvalue weighted by atomic mass is 16.5. The first-order chi connectivity index (χ1) is 17.8. The van der Waals surface area contributed by atoms with Crippen molar-refractivity contribution in [3.05, 3.63) is 88.1 Å². The van der Waals surface area contributed by atoms with Gasteiger partial charge in [-0.05, 0) is 12.1 Å². The Bertz CT molecular complexity index is 1780. The second kappa shape index (κ2) is 8.37. The topological polar surface area (TPSA) is 113 Å². The number of carbonyl (C=O) groups is 1. The van der Waals surface area contributed by atoms with E-state index < -0.39 is 28.8 Å². The van der Waals surface area contributed by atoms with E-state index >= 15 is 0 Å². The summed E-state index contributed by atoms with van der Waals surface area (Å²) in [5, 5.41) is 22.3. The lowest BCUT2D eigenvalue weighted by molar-refractivity contribution is -0.135. The Kier molecular flexibility index (Phi) is 5.12. The number of fused-ring (bicyclic) bond motifs is 4. The molecule has 2 aromatic heterocycles. The fourth-order valence-corrected chi connectivity index (χ4v) is 4.96. The first kappa shape index (κ1) is 22.6. The smallest absolute Gasteiger partial charge is 0.312 e. The lowest BCUT2D eigenvalue weighted by Crippen LogP contribution is -2.24. The van der Waals surface area contributed by atoms with E-state index in [1.54, 1.807) is 12.1 Å². The van der Waals surface area contributed by atoms with E-state index in [2.05, 4.69) is 0 Å². The average Bonchev–Trinajstić information content (AvgIpc) is 2.90. The molecule has 5 aromatic rings. The van der Waals surface area contributed by atoms with Crippen LogP contribution in [0.2, 0.25) is 0 Å². The third kappa shape index (κ3) is 3.57. The average molecular weight is 495 g/mol. The number of rotatable bonds is 3. The number of carbonyl (C=O) groups excluding carboxylic acids is 1. The number of anilines is 1. The minimum atomic E-state index is -0.694. The fourth-order valence-electron chi connectivity index (χ4n) is 4.96. The van der Waals surface area contributed by atoms with Crippen molar-refractivity contribution in [2.45, 2.75) is 12.3 Å². The Morgan fingerprint density at radius 1 is 0.946 bits per heavy atom. The van der Waals surface area contributed by atoms with Crippen molar-refractivity contribution in [1.29, 1.82) is 0 Å². The molecule has 8 nitrogen and oxygen atoms in total. The van der Waals surface area contributed by atoms with Gasteiger partial charge in [0, 0.05) is 42.6 Å². The van der Waals surface area contributed by atoms with E-state index in [0.29, 0.717) is 22.5 Å². The summed E-state index contributed by atoms with van der Waals surface area (Å²) in [4.78, 5) is 32.7. The van der Waals surface area contributed by atoms with Gasteiger partial charge in [0.1, 0.15) is 22.5 Å². The lowest BCUT2D eigenvalue weighted by atomic mass is 9.84. The Balaban J connectivity index is 1.72. The standard InChI is InChI=1S/C29H22N2O6/c1-31(2)29-18(12-16-10-6-7-11-19(16)30-29)17-13-22(33)37-28-23(17)27-24(25(34)26(28)35)20(32)14-21(36-27)15-8-4-3-5-9-15/h3-12,14,17,34-35H,13H2,1-2H3/t17-/m1/s1. The number of esters is 1. The Hall–Kier alpha value is -4.85. The van der Waals surface area contributed by atoms with Crippen LogP contribution < -0.4 is 15.1 Å². The Labute approximate surface area is 211 Å². The molecular weight excluding hydrogens is 472 g/mol. The first-order valence-electron chi connectivity index (χ1n) is 11.7. The predicted octanol–water partition coefficient (Wildman–Crippen LogP) is 4.93. The molecule has 0 unspecified atom stereocenters. The predicted molar refractivity (Wildman–Crippen MR) is 139 cm³/mol. The molecule has 1 aliphatic heterocycles. The highest BCUT2D eigenvalue weighted by Gasteiger charge is 2.38. The molecule has 0 amide bonds. The van der Waals surface area contributed by atoms with Gasteiger partial charge in [-0.3, -0.25) is 9.59 Å². The van der Waals surface area contributed by atoms with E-state index in [0.717, 1.165) is 10.9 Å². The summed E-state index contributed by atoms with van der Waals surface area (Å²) in [7, 11) is 3.70. The summed E-state index contributed by atoms with van der Waals surface area (Å²) < 4.78 is 11.7. The molecule has 1 atom stereocenters. The van der Waals surface area contributed by atoms with Crippen LogP contribution in [0.5, 0.6) is 17.2 Å². The monoisotopic (exact) mass is 494 g/mol. The maximum Gasteiger partial charge on any atom is 0.312 e. The van der Waals surface area contributed by atoms with Crippen molar-refractivity contribution in [1.82, 2.24) is 4.98 Å². The number of hydrogen-bond donors (Lipinski definition) is 2. The van der Waals surface area contributed by atoms with Crippen LogP contribution in [0.4, 0.5) is 5.82 Å². The van der Waals surface area contributed by atoms with Crippen LogP contribution in [0.15, 0.2) is 75.9 Å².